The van der Waals surface area contributed by atoms with E-state index in [9.17, 15) is 9.59 Å². The van der Waals surface area contributed by atoms with E-state index in [2.05, 4.69) is 0 Å². The van der Waals surface area contributed by atoms with Gasteiger partial charge in [0.05, 0.1) is 34.4 Å². The Balaban J connectivity index is 2.96. The van der Waals surface area contributed by atoms with Crippen LogP contribution in [0, 0.1) is 11.8 Å². The average molecular weight is 393 g/mol. The Morgan fingerprint density at radius 1 is 0.893 bits per heavy atom. The van der Waals surface area contributed by atoms with Crippen molar-refractivity contribution in [2.75, 3.05) is 41.1 Å². The second-order valence-corrected chi connectivity index (χ2v) is 8.68. The maximum absolute atomic E-state index is 12.4. The van der Waals surface area contributed by atoms with Crippen molar-refractivity contribution in [1.29, 1.82) is 0 Å². The zero-order valence-electron chi connectivity index (χ0n) is 18.2. The Kier molecular flexibility index (Phi) is 9.19. The van der Waals surface area contributed by atoms with Gasteiger partial charge in [0.25, 0.3) is 0 Å². The molecule has 0 aliphatic rings. The van der Waals surface area contributed by atoms with Crippen LogP contribution in [0.15, 0.2) is 29.8 Å². The van der Waals surface area contributed by atoms with Crippen LogP contribution in [-0.4, -0.2) is 57.5 Å². The van der Waals surface area contributed by atoms with E-state index >= 15 is 0 Å². The molecule has 0 bridgehead atoms. The molecule has 28 heavy (non-hydrogen) atoms. The number of carbonyl (C=O) groups is 2. The number of quaternary nitrogens is 1. The van der Waals surface area contributed by atoms with Gasteiger partial charge in [-0.1, -0.05) is 39.8 Å². The van der Waals surface area contributed by atoms with Crippen molar-refractivity contribution >= 4 is 18.0 Å². The van der Waals surface area contributed by atoms with E-state index < -0.39 is 11.9 Å². The molecule has 1 aromatic carbocycles. The summed E-state index contributed by atoms with van der Waals surface area (Å²) in [5.41, 5.74) is 0.580. The largest absolute Gasteiger partial charge is 0.462 e. The lowest BCUT2D eigenvalue weighted by molar-refractivity contribution is -0.886. The zero-order valence-corrected chi connectivity index (χ0v) is 18.2. The summed E-state index contributed by atoms with van der Waals surface area (Å²) in [4.78, 5) is 24.8. The standard InChI is InChI=1S/C22H34NO5/c1-16(2)13-26-21(24)20(22(25)27-14-17(3)4)12-18-8-10-19(11-9-18)28-15-23(5,6)7/h8-12,16-17H,13-15H2,1-7H3/q+1. The first-order chi connectivity index (χ1) is 13.0. The monoisotopic (exact) mass is 392 g/mol. The van der Waals surface area contributed by atoms with Gasteiger partial charge in [0.1, 0.15) is 11.3 Å². The van der Waals surface area contributed by atoms with Gasteiger partial charge < -0.3 is 14.2 Å². The molecule has 0 radical (unpaired) electrons. The smallest absolute Gasteiger partial charge is 0.345 e. The summed E-state index contributed by atoms with van der Waals surface area (Å²) in [7, 11) is 6.11. The molecule has 0 saturated heterocycles. The van der Waals surface area contributed by atoms with Crippen LogP contribution in [0.1, 0.15) is 33.3 Å². The Bertz CT molecular complexity index is 643. The summed E-state index contributed by atoms with van der Waals surface area (Å²) in [6.07, 6.45) is 1.49. The normalized spacial score (nSPS) is 11.3. The van der Waals surface area contributed by atoms with E-state index in [1.165, 1.54) is 6.08 Å². The highest BCUT2D eigenvalue weighted by atomic mass is 16.6. The highest BCUT2D eigenvalue weighted by Gasteiger charge is 2.22. The van der Waals surface area contributed by atoms with Crippen molar-refractivity contribution in [3.8, 4) is 5.75 Å². The van der Waals surface area contributed by atoms with Gasteiger partial charge in [-0.25, -0.2) is 9.59 Å². The Morgan fingerprint density at radius 3 is 1.75 bits per heavy atom. The molecule has 6 heteroatoms. The third-order valence-electron chi connectivity index (χ3n) is 3.34. The SMILES string of the molecule is CC(C)COC(=O)C(=Cc1ccc(OC[N+](C)(C)C)cc1)C(=O)OCC(C)C. The number of rotatable bonds is 10. The molecule has 0 atom stereocenters. The Hall–Kier alpha value is -2.34. The molecule has 0 aliphatic carbocycles. The third kappa shape index (κ3) is 9.55. The fraction of sp³-hybridized carbons (Fsp3) is 0.545. The van der Waals surface area contributed by atoms with Crippen LogP contribution in [0.2, 0.25) is 0 Å². The van der Waals surface area contributed by atoms with Crippen LogP contribution in [0.3, 0.4) is 0 Å². The molecule has 156 valence electrons. The van der Waals surface area contributed by atoms with Gasteiger partial charge in [-0.05, 0) is 35.6 Å². The second kappa shape index (κ2) is 10.9. The number of nitrogens with zero attached hydrogens (tertiary/aromatic N) is 1. The van der Waals surface area contributed by atoms with Crippen LogP contribution in [0.5, 0.6) is 5.75 Å². The maximum Gasteiger partial charge on any atom is 0.345 e. The first-order valence-corrected chi connectivity index (χ1v) is 9.57. The molecule has 0 aromatic heterocycles. The maximum atomic E-state index is 12.4. The van der Waals surface area contributed by atoms with E-state index in [1.807, 2.05) is 48.8 Å². The molecule has 0 unspecified atom stereocenters. The van der Waals surface area contributed by atoms with Crippen molar-refractivity contribution in [2.24, 2.45) is 11.8 Å². The molecule has 6 nitrogen and oxygen atoms in total. The number of hydrogen-bond donors (Lipinski definition) is 0. The summed E-state index contributed by atoms with van der Waals surface area (Å²) in [6, 6.07) is 7.18. The molecular weight excluding hydrogens is 358 g/mol. The predicted octanol–water partition coefficient (Wildman–Crippen LogP) is 3.51. The van der Waals surface area contributed by atoms with Gasteiger partial charge in [0.2, 0.25) is 6.73 Å². The van der Waals surface area contributed by atoms with E-state index in [1.54, 1.807) is 24.3 Å². The average Bonchev–Trinajstić information content (AvgIpc) is 2.60. The van der Waals surface area contributed by atoms with Crippen molar-refractivity contribution in [3.05, 3.63) is 35.4 Å². The third-order valence-corrected chi connectivity index (χ3v) is 3.34. The minimum atomic E-state index is -0.673. The van der Waals surface area contributed by atoms with Gasteiger partial charge in [0, 0.05) is 0 Å². The fourth-order valence-electron chi connectivity index (χ4n) is 1.94. The summed E-state index contributed by atoms with van der Waals surface area (Å²) in [5, 5.41) is 0. The van der Waals surface area contributed by atoms with Crippen LogP contribution >= 0.6 is 0 Å². The van der Waals surface area contributed by atoms with Crippen molar-refractivity contribution in [2.45, 2.75) is 27.7 Å². The molecule has 0 amide bonds. The van der Waals surface area contributed by atoms with Crippen LogP contribution < -0.4 is 4.74 Å². The topological polar surface area (TPSA) is 61.8 Å². The highest BCUT2D eigenvalue weighted by Crippen LogP contribution is 2.17. The number of esters is 2. The van der Waals surface area contributed by atoms with Gasteiger partial charge >= 0.3 is 11.9 Å². The van der Waals surface area contributed by atoms with Crippen molar-refractivity contribution in [1.82, 2.24) is 0 Å². The quantitative estimate of drug-likeness (QED) is 0.152. The summed E-state index contributed by atoms with van der Waals surface area (Å²) < 4.78 is 16.9. The van der Waals surface area contributed by atoms with E-state index in [0.29, 0.717) is 16.8 Å². The van der Waals surface area contributed by atoms with Gasteiger partial charge in [-0.15, -0.1) is 0 Å². The predicted molar refractivity (Wildman–Crippen MR) is 110 cm³/mol. The van der Waals surface area contributed by atoms with Crippen LogP contribution in [-0.2, 0) is 19.1 Å². The number of hydrogen-bond acceptors (Lipinski definition) is 5. The minimum absolute atomic E-state index is 0.110. The molecule has 0 saturated carbocycles. The number of carbonyl (C=O) groups excluding carboxylic acids is 2. The van der Waals surface area contributed by atoms with E-state index in [0.717, 1.165) is 5.75 Å². The Morgan fingerprint density at radius 2 is 1.36 bits per heavy atom. The molecule has 0 aliphatic heterocycles. The van der Waals surface area contributed by atoms with Gasteiger partial charge in [0.15, 0.2) is 0 Å². The summed E-state index contributed by atoms with van der Waals surface area (Å²) in [5.74, 6) is -0.277. The summed E-state index contributed by atoms with van der Waals surface area (Å²) >= 11 is 0. The summed E-state index contributed by atoms with van der Waals surface area (Å²) in [6.45, 7) is 8.75. The first kappa shape index (κ1) is 23.7. The molecule has 0 heterocycles. The van der Waals surface area contributed by atoms with Gasteiger partial charge in [-0.3, -0.25) is 4.48 Å². The number of ether oxygens (including phenoxy) is 3. The van der Waals surface area contributed by atoms with Crippen molar-refractivity contribution in [3.63, 3.8) is 0 Å². The van der Waals surface area contributed by atoms with Crippen molar-refractivity contribution < 1.29 is 28.3 Å². The number of benzene rings is 1. The lowest BCUT2D eigenvalue weighted by Crippen LogP contribution is -2.38. The highest BCUT2D eigenvalue weighted by molar-refractivity contribution is 6.17. The molecule has 0 spiro atoms. The van der Waals surface area contributed by atoms with Gasteiger partial charge in [-0.2, -0.15) is 0 Å². The molecular formula is C22H34NO5+. The zero-order chi connectivity index (χ0) is 21.3. The molecule has 0 N–H and O–H groups in total. The van der Waals surface area contributed by atoms with Crippen LogP contribution in [0.25, 0.3) is 6.08 Å². The second-order valence-electron chi connectivity index (χ2n) is 8.68. The lowest BCUT2D eigenvalue weighted by atomic mass is 10.1. The van der Waals surface area contributed by atoms with E-state index in [4.69, 9.17) is 14.2 Å². The lowest BCUT2D eigenvalue weighted by Gasteiger charge is -2.23. The van der Waals surface area contributed by atoms with E-state index in [-0.39, 0.29) is 30.6 Å². The van der Waals surface area contributed by atoms with Crippen LogP contribution in [0.4, 0.5) is 0 Å². The molecule has 1 rings (SSSR count). The first-order valence-electron chi connectivity index (χ1n) is 9.57. The molecule has 0 fully saturated rings. The molecule has 1 aromatic rings. The fourth-order valence-corrected chi connectivity index (χ4v) is 1.94. The minimum Gasteiger partial charge on any atom is -0.462 e. The Labute approximate surface area is 168 Å².